The molecule has 94 valence electrons. The first-order chi connectivity index (χ1) is 7.48. The summed E-state index contributed by atoms with van der Waals surface area (Å²) in [7, 11) is 0. The Hall–Kier alpha value is -0.650. The number of carbonyl (C=O) groups is 1. The average Bonchev–Trinajstić information content (AvgIpc) is 2.19. The van der Waals surface area contributed by atoms with Gasteiger partial charge in [0.05, 0.1) is 12.2 Å². The summed E-state index contributed by atoms with van der Waals surface area (Å²) in [5.41, 5.74) is -0.197. The molecule has 0 radical (unpaired) electrons. The summed E-state index contributed by atoms with van der Waals surface area (Å²) in [6, 6.07) is 0.0931. The highest BCUT2D eigenvalue weighted by molar-refractivity contribution is 5.77. The highest BCUT2D eigenvalue weighted by Crippen LogP contribution is 2.15. The zero-order valence-corrected chi connectivity index (χ0v) is 10.3. The van der Waals surface area contributed by atoms with Crippen LogP contribution in [0.5, 0.6) is 0 Å². The van der Waals surface area contributed by atoms with Gasteiger partial charge in [-0.1, -0.05) is 0 Å². The first-order valence-corrected chi connectivity index (χ1v) is 5.73. The Morgan fingerprint density at radius 2 is 2.19 bits per heavy atom. The first-order valence-electron chi connectivity index (χ1n) is 5.73. The smallest absolute Gasteiger partial charge is 0.248 e. The minimum absolute atomic E-state index is 0.0112. The number of hydrogen-bond donors (Lipinski definition) is 2. The minimum atomic E-state index is -0.197. The van der Waals surface area contributed by atoms with E-state index in [0.29, 0.717) is 6.54 Å². The molecule has 1 fully saturated rings. The number of amides is 1. The van der Waals surface area contributed by atoms with Gasteiger partial charge in [0.1, 0.15) is 6.61 Å². The van der Waals surface area contributed by atoms with Gasteiger partial charge >= 0.3 is 0 Å². The van der Waals surface area contributed by atoms with E-state index in [1.807, 2.05) is 20.8 Å². The van der Waals surface area contributed by atoms with Gasteiger partial charge in [-0.05, 0) is 20.8 Å². The molecule has 0 aromatic heterocycles. The van der Waals surface area contributed by atoms with Gasteiger partial charge in [-0.3, -0.25) is 4.79 Å². The molecule has 0 saturated carbocycles. The lowest BCUT2D eigenvalue weighted by atomic mass is 10.0. The topological polar surface area (TPSA) is 61.8 Å². The number of carbonyl (C=O) groups excluding carboxylic acids is 1. The van der Waals surface area contributed by atoms with Crippen LogP contribution in [0.15, 0.2) is 0 Å². The second-order valence-corrected chi connectivity index (χ2v) is 4.75. The summed E-state index contributed by atoms with van der Waals surface area (Å²) in [6.07, 6.45) is 0. The number of nitrogens with one attached hydrogen (secondary N) is 1. The monoisotopic (exact) mass is 230 g/mol. The normalized spacial score (nSPS) is 18.3. The number of nitrogens with zero attached hydrogens (tertiary/aromatic N) is 1. The summed E-state index contributed by atoms with van der Waals surface area (Å²) in [5.74, 6) is -0.0582. The van der Waals surface area contributed by atoms with Crippen molar-refractivity contribution in [1.82, 2.24) is 10.2 Å². The zero-order valence-electron chi connectivity index (χ0n) is 10.3. The molecule has 5 heteroatoms. The Kier molecular flexibility index (Phi) is 4.70. The Balaban J connectivity index is 2.36. The number of hydrogen-bond acceptors (Lipinski definition) is 4. The molecule has 0 atom stereocenters. The molecule has 1 amide bonds. The maximum Gasteiger partial charge on any atom is 0.248 e. The van der Waals surface area contributed by atoms with Crippen LogP contribution >= 0.6 is 0 Å². The van der Waals surface area contributed by atoms with E-state index in [1.54, 1.807) is 4.90 Å². The van der Waals surface area contributed by atoms with Crippen LogP contribution in [0.2, 0.25) is 0 Å². The fourth-order valence-corrected chi connectivity index (χ4v) is 1.68. The fourth-order valence-electron chi connectivity index (χ4n) is 1.68. The second-order valence-electron chi connectivity index (χ2n) is 4.75. The number of ether oxygens (including phenoxy) is 1. The van der Waals surface area contributed by atoms with E-state index < -0.39 is 0 Å². The molecule has 16 heavy (non-hydrogen) atoms. The van der Waals surface area contributed by atoms with Gasteiger partial charge in [0.2, 0.25) is 5.91 Å². The number of rotatable bonds is 6. The third kappa shape index (κ3) is 3.43. The van der Waals surface area contributed by atoms with Crippen LogP contribution in [0.3, 0.4) is 0 Å². The molecule has 1 rings (SSSR count). The Bertz CT molecular complexity index is 239. The van der Waals surface area contributed by atoms with Gasteiger partial charge < -0.3 is 20.1 Å². The number of aliphatic hydroxyl groups is 1. The van der Waals surface area contributed by atoms with Crippen LogP contribution in [0.25, 0.3) is 0 Å². The van der Waals surface area contributed by atoms with E-state index in [9.17, 15) is 4.79 Å². The highest BCUT2D eigenvalue weighted by Gasteiger charge is 2.33. The third-order valence-corrected chi connectivity index (χ3v) is 2.83. The van der Waals surface area contributed by atoms with Gasteiger partial charge in [-0.2, -0.15) is 0 Å². The van der Waals surface area contributed by atoms with Gasteiger partial charge in [-0.15, -0.1) is 0 Å². The van der Waals surface area contributed by atoms with Crippen molar-refractivity contribution < 1.29 is 14.6 Å². The predicted molar refractivity (Wildman–Crippen MR) is 61.2 cm³/mol. The van der Waals surface area contributed by atoms with E-state index in [0.717, 1.165) is 13.1 Å². The SMILES string of the molecule is CC(C)N(CCO)C(=O)COC1(C)CNC1. The van der Waals surface area contributed by atoms with Crippen molar-refractivity contribution >= 4 is 5.91 Å². The van der Waals surface area contributed by atoms with E-state index in [1.165, 1.54) is 0 Å². The van der Waals surface area contributed by atoms with Crippen molar-refractivity contribution in [2.24, 2.45) is 0 Å². The van der Waals surface area contributed by atoms with Crippen molar-refractivity contribution in [3.05, 3.63) is 0 Å². The third-order valence-electron chi connectivity index (χ3n) is 2.83. The Morgan fingerprint density at radius 3 is 2.56 bits per heavy atom. The molecule has 1 aliphatic heterocycles. The van der Waals surface area contributed by atoms with Crippen molar-refractivity contribution in [3.8, 4) is 0 Å². The van der Waals surface area contributed by atoms with E-state index in [2.05, 4.69) is 5.32 Å². The Labute approximate surface area is 96.8 Å². The van der Waals surface area contributed by atoms with E-state index in [4.69, 9.17) is 9.84 Å². The Morgan fingerprint density at radius 1 is 1.56 bits per heavy atom. The lowest BCUT2D eigenvalue weighted by Gasteiger charge is -2.39. The van der Waals surface area contributed by atoms with Crippen LogP contribution in [0.4, 0.5) is 0 Å². The molecule has 1 heterocycles. The molecule has 5 nitrogen and oxygen atoms in total. The summed E-state index contributed by atoms with van der Waals surface area (Å²) in [4.78, 5) is 13.5. The van der Waals surface area contributed by atoms with Crippen molar-refractivity contribution in [2.45, 2.75) is 32.4 Å². The minimum Gasteiger partial charge on any atom is -0.395 e. The van der Waals surface area contributed by atoms with Crippen LogP contribution in [-0.2, 0) is 9.53 Å². The molecule has 1 aliphatic rings. The molecular formula is C11H22N2O3. The maximum absolute atomic E-state index is 11.8. The molecule has 0 aromatic carbocycles. The van der Waals surface area contributed by atoms with E-state index in [-0.39, 0.29) is 30.8 Å². The molecule has 0 unspecified atom stereocenters. The molecular weight excluding hydrogens is 208 g/mol. The van der Waals surface area contributed by atoms with E-state index >= 15 is 0 Å². The van der Waals surface area contributed by atoms with Gasteiger partial charge in [-0.25, -0.2) is 0 Å². The average molecular weight is 230 g/mol. The number of aliphatic hydroxyl groups excluding tert-OH is 1. The van der Waals surface area contributed by atoms with Crippen LogP contribution in [0, 0.1) is 0 Å². The molecule has 1 saturated heterocycles. The molecule has 0 bridgehead atoms. The van der Waals surface area contributed by atoms with Gasteiger partial charge in [0.25, 0.3) is 0 Å². The summed E-state index contributed by atoms with van der Waals surface area (Å²) < 4.78 is 5.57. The first kappa shape index (κ1) is 13.4. The van der Waals surface area contributed by atoms with Crippen molar-refractivity contribution in [2.75, 3.05) is 32.8 Å². The van der Waals surface area contributed by atoms with Gasteiger partial charge in [0.15, 0.2) is 0 Å². The predicted octanol–water partition coefficient (Wildman–Crippen LogP) is -0.406. The van der Waals surface area contributed by atoms with Crippen LogP contribution < -0.4 is 5.32 Å². The van der Waals surface area contributed by atoms with Gasteiger partial charge in [0, 0.05) is 25.7 Å². The van der Waals surface area contributed by atoms with Crippen molar-refractivity contribution in [1.29, 1.82) is 0 Å². The zero-order chi connectivity index (χ0) is 12.2. The quantitative estimate of drug-likeness (QED) is 0.651. The maximum atomic E-state index is 11.8. The highest BCUT2D eigenvalue weighted by atomic mass is 16.5. The standard InChI is InChI=1S/C11H22N2O3/c1-9(2)13(4-5-14)10(15)6-16-11(3)7-12-8-11/h9,12,14H,4-8H2,1-3H3. The molecule has 0 aromatic rings. The molecule has 0 aliphatic carbocycles. The second kappa shape index (κ2) is 5.61. The summed E-state index contributed by atoms with van der Waals surface area (Å²) >= 11 is 0. The van der Waals surface area contributed by atoms with Crippen molar-refractivity contribution in [3.63, 3.8) is 0 Å². The van der Waals surface area contributed by atoms with Crippen LogP contribution in [0.1, 0.15) is 20.8 Å². The lowest BCUT2D eigenvalue weighted by Crippen LogP contribution is -2.60. The fraction of sp³-hybridized carbons (Fsp3) is 0.909. The lowest BCUT2D eigenvalue weighted by molar-refractivity contribution is -0.148. The largest absolute Gasteiger partial charge is 0.395 e. The molecule has 0 spiro atoms. The molecule has 2 N–H and O–H groups in total. The summed E-state index contributed by atoms with van der Waals surface area (Å²) in [5, 5.41) is 12.0. The summed E-state index contributed by atoms with van der Waals surface area (Å²) in [6.45, 7) is 7.89. The van der Waals surface area contributed by atoms with Crippen LogP contribution in [-0.4, -0.2) is 60.4 Å².